The number of ether oxygens (including phenoxy) is 1. The number of rotatable bonds is 9. The Morgan fingerprint density at radius 2 is 1.69 bits per heavy atom. The Labute approximate surface area is 197 Å². The van der Waals surface area contributed by atoms with E-state index in [0.29, 0.717) is 5.02 Å². The summed E-state index contributed by atoms with van der Waals surface area (Å²) in [6, 6.07) is 19.8. The lowest BCUT2D eigenvalue weighted by atomic mass is 10.2. The number of carbonyl (C=O) groups is 1. The standard InChI is InChI=1S/C23H22Cl2N2O4S/c1-17-7-5-6-10-22(17)31-14-13-26-23(28)16-27(21-12-11-18(24)15-20(21)25)32(29,30)19-8-3-2-4-9-19/h2-12,15H,13-14,16H2,1H3,(H,26,28). The third-order valence-corrected chi connectivity index (χ3v) is 6.88. The summed E-state index contributed by atoms with van der Waals surface area (Å²) in [6.07, 6.45) is 0. The van der Waals surface area contributed by atoms with Gasteiger partial charge < -0.3 is 10.1 Å². The van der Waals surface area contributed by atoms with Crippen LogP contribution in [0, 0.1) is 6.92 Å². The lowest BCUT2D eigenvalue weighted by Crippen LogP contribution is -2.42. The molecule has 0 atom stereocenters. The molecule has 0 aliphatic heterocycles. The predicted octanol–water partition coefficient (Wildman–Crippen LogP) is 4.69. The van der Waals surface area contributed by atoms with Gasteiger partial charge in [0.05, 0.1) is 22.2 Å². The molecule has 3 aromatic carbocycles. The molecule has 6 nitrogen and oxygen atoms in total. The van der Waals surface area contributed by atoms with Gasteiger partial charge in [0.1, 0.15) is 18.9 Å². The number of sulfonamides is 1. The van der Waals surface area contributed by atoms with Crippen molar-refractivity contribution in [2.45, 2.75) is 11.8 Å². The second kappa shape index (κ2) is 10.7. The molecule has 0 bridgehead atoms. The van der Waals surface area contributed by atoms with Crippen LogP contribution in [0.25, 0.3) is 0 Å². The van der Waals surface area contributed by atoms with Crippen molar-refractivity contribution >= 4 is 44.8 Å². The zero-order valence-electron chi connectivity index (χ0n) is 17.3. The number of nitrogens with zero attached hydrogens (tertiary/aromatic N) is 1. The molecule has 0 heterocycles. The van der Waals surface area contributed by atoms with Crippen molar-refractivity contribution in [2.24, 2.45) is 0 Å². The Bertz CT molecular complexity index is 1190. The lowest BCUT2D eigenvalue weighted by Gasteiger charge is -2.25. The van der Waals surface area contributed by atoms with Gasteiger partial charge >= 0.3 is 0 Å². The van der Waals surface area contributed by atoms with Gasteiger partial charge in [0.2, 0.25) is 5.91 Å². The van der Waals surface area contributed by atoms with E-state index in [1.165, 1.54) is 30.3 Å². The molecule has 0 spiro atoms. The average Bonchev–Trinajstić information content (AvgIpc) is 2.77. The number of anilines is 1. The van der Waals surface area contributed by atoms with Crippen LogP contribution < -0.4 is 14.4 Å². The molecule has 9 heteroatoms. The van der Waals surface area contributed by atoms with Gasteiger partial charge in [-0.2, -0.15) is 0 Å². The van der Waals surface area contributed by atoms with Gasteiger partial charge in [-0.25, -0.2) is 8.42 Å². The number of aryl methyl sites for hydroxylation is 1. The lowest BCUT2D eigenvalue weighted by molar-refractivity contribution is -0.119. The number of benzene rings is 3. The highest BCUT2D eigenvalue weighted by atomic mass is 35.5. The van der Waals surface area contributed by atoms with Crippen LogP contribution in [0.1, 0.15) is 5.56 Å². The van der Waals surface area contributed by atoms with Crippen LogP contribution >= 0.6 is 23.2 Å². The van der Waals surface area contributed by atoms with Gasteiger partial charge in [-0.3, -0.25) is 9.10 Å². The third kappa shape index (κ3) is 5.94. The van der Waals surface area contributed by atoms with Crippen LogP contribution in [-0.2, 0) is 14.8 Å². The molecular weight excluding hydrogens is 471 g/mol. The van der Waals surface area contributed by atoms with E-state index in [1.54, 1.807) is 18.2 Å². The van der Waals surface area contributed by atoms with Crippen LogP contribution in [0.2, 0.25) is 10.0 Å². The van der Waals surface area contributed by atoms with Crippen LogP contribution in [0.3, 0.4) is 0 Å². The van der Waals surface area contributed by atoms with Gasteiger partial charge in [-0.15, -0.1) is 0 Å². The second-order valence-electron chi connectivity index (χ2n) is 6.88. The van der Waals surface area contributed by atoms with Crippen LogP contribution in [-0.4, -0.2) is 34.0 Å². The highest BCUT2D eigenvalue weighted by molar-refractivity contribution is 7.92. The summed E-state index contributed by atoms with van der Waals surface area (Å²) in [5, 5.41) is 3.16. The van der Waals surface area contributed by atoms with Crippen molar-refractivity contribution in [1.82, 2.24) is 5.32 Å². The van der Waals surface area contributed by atoms with E-state index in [4.69, 9.17) is 27.9 Å². The zero-order valence-corrected chi connectivity index (χ0v) is 19.6. The monoisotopic (exact) mass is 492 g/mol. The minimum absolute atomic E-state index is 0.0432. The molecule has 0 aromatic heterocycles. The smallest absolute Gasteiger partial charge is 0.264 e. The number of para-hydroxylation sites is 1. The molecule has 0 aliphatic rings. The summed E-state index contributed by atoms with van der Waals surface area (Å²) >= 11 is 12.2. The van der Waals surface area contributed by atoms with Crippen molar-refractivity contribution in [1.29, 1.82) is 0 Å². The van der Waals surface area contributed by atoms with Crippen LogP contribution in [0.4, 0.5) is 5.69 Å². The Hall–Kier alpha value is -2.74. The number of hydrogen-bond acceptors (Lipinski definition) is 4. The van der Waals surface area contributed by atoms with Gasteiger partial charge in [-0.1, -0.05) is 59.6 Å². The molecular formula is C23H22Cl2N2O4S. The van der Waals surface area contributed by atoms with Crippen LogP contribution in [0.5, 0.6) is 5.75 Å². The quantitative estimate of drug-likeness (QED) is 0.439. The fourth-order valence-corrected chi connectivity index (χ4v) is 4.98. The van der Waals surface area contributed by atoms with Crippen molar-refractivity contribution in [3.8, 4) is 5.75 Å². The van der Waals surface area contributed by atoms with Gasteiger partial charge in [0.15, 0.2) is 0 Å². The fraction of sp³-hybridized carbons (Fsp3) is 0.174. The molecule has 0 saturated heterocycles. The molecule has 3 rings (SSSR count). The van der Waals surface area contributed by atoms with E-state index in [-0.39, 0.29) is 28.8 Å². The van der Waals surface area contributed by atoms with Gasteiger partial charge in [-0.05, 0) is 48.9 Å². The first-order valence-electron chi connectivity index (χ1n) is 9.77. The molecule has 0 aliphatic carbocycles. The van der Waals surface area contributed by atoms with Gasteiger partial charge in [0.25, 0.3) is 10.0 Å². The summed E-state index contributed by atoms with van der Waals surface area (Å²) in [7, 11) is -4.05. The van der Waals surface area contributed by atoms with Gasteiger partial charge in [0, 0.05) is 5.02 Å². The summed E-state index contributed by atoms with van der Waals surface area (Å²) in [6.45, 7) is 1.92. The van der Waals surface area contributed by atoms with Crippen molar-refractivity contribution in [3.63, 3.8) is 0 Å². The maximum absolute atomic E-state index is 13.3. The Morgan fingerprint density at radius 1 is 1.00 bits per heavy atom. The minimum Gasteiger partial charge on any atom is -0.491 e. The average molecular weight is 493 g/mol. The number of amides is 1. The molecule has 168 valence electrons. The van der Waals surface area contributed by atoms with E-state index >= 15 is 0 Å². The summed E-state index contributed by atoms with van der Waals surface area (Å²) in [5.41, 5.74) is 1.14. The highest BCUT2D eigenvalue weighted by Gasteiger charge is 2.28. The van der Waals surface area contributed by atoms with E-state index in [2.05, 4.69) is 5.32 Å². The first-order valence-corrected chi connectivity index (χ1v) is 12.0. The molecule has 0 saturated carbocycles. The molecule has 0 radical (unpaired) electrons. The van der Waals surface area contributed by atoms with E-state index < -0.39 is 22.5 Å². The zero-order chi connectivity index (χ0) is 23.1. The maximum atomic E-state index is 13.3. The van der Waals surface area contributed by atoms with Crippen molar-refractivity contribution in [3.05, 3.63) is 88.4 Å². The summed E-state index contributed by atoms with van der Waals surface area (Å²) in [4.78, 5) is 12.7. The molecule has 0 unspecified atom stereocenters. The summed E-state index contributed by atoms with van der Waals surface area (Å²) in [5.74, 6) is 0.229. The first-order chi connectivity index (χ1) is 15.3. The topological polar surface area (TPSA) is 75.7 Å². The van der Waals surface area contributed by atoms with E-state index in [1.807, 2.05) is 31.2 Å². The van der Waals surface area contributed by atoms with Crippen LogP contribution in [0.15, 0.2) is 77.7 Å². The Balaban J connectivity index is 1.74. The predicted molar refractivity (Wildman–Crippen MR) is 127 cm³/mol. The van der Waals surface area contributed by atoms with Crippen molar-refractivity contribution in [2.75, 3.05) is 24.0 Å². The number of nitrogens with one attached hydrogen (secondary N) is 1. The number of halogens is 2. The molecule has 1 amide bonds. The fourth-order valence-electron chi connectivity index (χ4n) is 2.96. The number of hydrogen-bond donors (Lipinski definition) is 1. The Morgan fingerprint density at radius 3 is 2.38 bits per heavy atom. The van der Waals surface area contributed by atoms with E-state index in [0.717, 1.165) is 15.6 Å². The third-order valence-electron chi connectivity index (χ3n) is 4.57. The van der Waals surface area contributed by atoms with Crippen molar-refractivity contribution < 1.29 is 17.9 Å². The first kappa shape index (κ1) is 23.9. The maximum Gasteiger partial charge on any atom is 0.264 e. The largest absolute Gasteiger partial charge is 0.491 e. The second-order valence-corrected chi connectivity index (χ2v) is 9.59. The molecule has 1 N–H and O–H groups in total. The molecule has 3 aromatic rings. The molecule has 32 heavy (non-hydrogen) atoms. The minimum atomic E-state index is -4.05. The number of carbonyl (C=O) groups excluding carboxylic acids is 1. The molecule has 0 fully saturated rings. The highest BCUT2D eigenvalue weighted by Crippen LogP contribution is 2.32. The SMILES string of the molecule is Cc1ccccc1OCCNC(=O)CN(c1ccc(Cl)cc1Cl)S(=O)(=O)c1ccccc1. The van der Waals surface area contributed by atoms with E-state index in [9.17, 15) is 13.2 Å². The summed E-state index contributed by atoms with van der Waals surface area (Å²) < 4.78 is 33.2. The Kier molecular flexibility index (Phi) is 8.01. The normalized spacial score (nSPS) is 11.1.